The number of hydrogen-bond acceptors (Lipinski definition) is 3. The van der Waals surface area contributed by atoms with Crippen molar-refractivity contribution in [2.24, 2.45) is 7.05 Å². The monoisotopic (exact) mass is 279 g/mol. The molecule has 0 saturated carbocycles. The van der Waals surface area contributed by atoms with E-state index in [2.05, 4.69) is 29.0 Å². The smallest absolute Gasteiger partial charge is 0.371 e. The van der Waals surface area contributed by atoms with E-state index >= 15 is 0 Å². The minimum absolute atomic E-state index is 0.0385. The Hall–Kier alpha value is -1.08. The second-order valence-electron chi connectivity index (χ2n) is 4.71. The van der Waals surface area contributed by atoms with Crippen LogP contribution in [0.3, 0.4) is 0 Å². The molecule has 0 aliphatic carbocycles. The zero-order valence-corrected chi connectivity index (χ0v) is 11.4. The average Bonchev–Trinajstić information content (AvgIpc) is 2.63. The van der Waals surface area contributed by atoms with Gasteiger partial charge in [-0.05, 0) is 5.92 Å². The van der Waals surface area contributed by atoms with Crippen LogP contribution in [0.15, 0.2) is 6.20 Å². The molecule has 0 unspecified atom stereocenters. The highest BCUT2D eigenvalue weighted by Gasteiger charge is 2.27. The summed E-state index contributed by atoms with van der Waals surface area (Å²) in [5, 5.41) is 7.41. The van der Waals surface area contributed by atoms with Crippen LogP contribution in [-0.2, 0) is 18.3 Å². The Morgan fingerprint density at radius 3 is 2.68 bits per heavy atom. The SMILES string of the molecule is CC(C)c1nn(C)cc1CNCCOCC(F)(F)F. The Bertz CT molecular complexity index is 388. The molecule has 1 aromatic heterocycles. The fourth-order valence-electron chi connectivity index (χ4n) is 1.73. The fourth-order valence-corrected chi connectivity index (χ4v) is 1.73. The van der Waals surface area contributed by atoms with Gasteiger partial charge >= 0.3 is 6.18 Å². The molecule has 0 spiro atoms. The van der Waals surface area contributed by atoms with E-state index in [4.69, 9.17) is 0 Å². The van der Waals surface area contributed by atoms with Crippen molar-refractivity contribution in [2.75, 3.05) is 19.8 Å². The Kier molecular flexibility index (Phi) is 5.81. The number of aromatic nitrogens is 2. The van der Waals surface area contributed by atoms with Crippen molar-refractivity contribution in [1.29, 1.82) is 0 Å². The molecule has 0 fully saturated rings. The van der Waals surface area contributed by atoms with Crippen LogP contribution < -0.4 is 5.32 Å². The molecule has 0 aromatic carbocycles. The summed E-state index contributed by atoms with van der Waals surface area (Å²) < 4.78 is 41.7. The lowest BCUT2D eigenvalue weighted by Gasteiger charge is -2.09. The number of nitrogens with one attached hydrogen (secondary N) is 1. The minimum atomic E-state index is -4.26. The van der Waals surface area contributed by atoms with Crippen LogP contribution in [0.5, 0.6) is 0 Å². The van der Waals surface area contributed by atoms with Gasteiger partial charge in [0.2, 0.25) is 0 Å². The lowest BCUT2D eigenvalue weighted by atomic mass is 10.1. The summed E-state index contributed by atoms with van der Waals surface area (Å²) in [5.41, 5.74) is 2.07. The minimum Gasteiger partial charge on any atom is -0.371 e. The third-order valence-corrected chi connectivity index (χ3v) is 2.49. The van der Waals surface area contributed by atoms with Gasteiger partial charge in [0.15, 0.2) is 0 Å². The van der Waals surface area contributed by atoms with Crippen LogP contribution in [0.2, 0.25) is 0 Å². The third-order valence-electron chi connectivity index (χ3n) is 2.49. The number of alkyl halides is 3. The molecule has 0 atom stereocenters. The van der Waals surface area contributed by atoms with Crippen LogP contribution in [-0.4, -0.2) is 35.7 Å². The summed E-state index contributed by atoms with van der Waals surface area (Å²) in [4.78, 5) is 0. The maximum atomic E-state index is 11.8. The maximum absolute atomic E-state index is 11.8. The van der Waals surface area contributed by atoms with Crippen molar-refractivity contribution >= 4 is 0 Å². The molecule has 7 heteroatoms. The van der Waals surface area contributed by atoms with Gasteiger partial charge in [-0.2, -0.15) is 18.3 Å². The number of aryl methyl sites for hydroxylation is 1. The van der Waals surface area contributed by atoms with Gasteiger partial charge in [-0.1, -0.05) is 13.8 Å². The normalized spacial score (nSPS) is 12.4. The number of nitrogens with zero attached hydrogens (tertiary/aromatic N) is 2. The Balaban J connectivity index is 2.26. The first-order valence-corrected chi connectivity index (χ1v) is 6.17. The zero-order chi connectivity index (χ0) is 14.5. The van der Waals surface area contributed by atoms with Crippen molar-refractivity contribution in [2.45, 2.75) is 32.5 Å². The highest BCUT2D eigenvalue weighted by molar-refractivity contribution is 5.19. The Morgan fingerprint density at radius 2 is 2.11 bits per heavy atom. The maximum Gasteiger partial charge on any atom is 0.411 e. The number of hydrogen-bond donors (Lipinski definition) is 1. The van der Waals surface area contributed by atoms with Crippen molar-refractivity contribution in [3.8, 4) is 0 Å². The van der Waals surface area contributed by atoms with Crippen molar-refractivity contribution in [1.82, 2.24) is 15.1 Å². The predicted octanol–water partition coefficient (Wildman–Crippen LogP) is 2.21. The molecule has 1 heterocycles. The third kappa shape index (κ3) is 6.07. The number of rotatable bonds is 7. The van der Waals surface area contributed by atoms with E-state index in [1.54, 1.807) is 4.68 Å². The van der Waals surface area contributed by atoms with E-state index < -0.39 is 12.8 Å². The van der Waals surface area contributed by atoms with Gasteiger partial charge in [0.25, 0.3) is 0 Å². The lowest BCUT2D eigenvalue weighted by Crippen LogP contribution is -2.23. The summed E-state index contributed by atoms with van der Waals surface area (Å²) in [6.07, 6.45) is -2.34. The second kappa shape index (κ2) is 6.91. The van der Waals surface area contributed by atoms with Crippen molar-refractivity contribution in [3.05, 3.63) is 17.5 Å². The molecule has 19 heavy (non-hydrogen) atoms. The van der Waals surface area contributed by atoms with Crippen LogP contribution in [0.4, 0.5) is 13.2 Å². The molecule has 1 aromatic rings. The van der Waals surface area contributed by atoms with Crippen LogP contribution in [0.25, 0.3) is 0 Å². The summed E-state index contributed by atoms with van der Waals surface area (Å²) in [6.45, 7) is 3.91. The topological polar surface area (TPSA) is 39.1 Å². The highest BCUT2D eigenvalue weighted by atomic mass is 19.4. The van der Waals surface area contributed by atoms with Gasteiger partial charge in [0.05, 0.1) is 12.3 Å². The van der Waals surface area contributed by atoms with Crippen LogP contribution >= 0.6 is 0 Å². The molecule has 1 rings (SSSR count). The van der Waals surface area contributed by atoms with Crippen LogP contribution in [0, 0.1) is 0 Å². The average molecular weight is 279 g/mol. The molecule has 0 radical (unpaired) electrons. The van der Waals surface area contributed by atoms with Crippen LogP contribution in [0.1, 0.15) is 31.0 Å². The zero-order valence-electron chi connectivity index (χ0n) is 11.4. The molecule has 0 bridgehead atoms. The van der Waals surface area contributed by atoms with Crippen molar-refractivity contribution in [3.63, 3.8) is 0 Å². The largest absolute Gasteiger partial charge is 0.411 e. The van der Waals surface area contributed by atoms with Crippen molar-refractivity contribution < 1.29 is 17.9 Å². The summed E-state index contributed by atoms with van der Waals surface area (Å²) in [6, 6.07) is 0. The Morgan fingerprint density at radius 1 is 1.42 bits per heavy atom. The molecule has 0 aliphatic rings. The predicted molar refractivity (Wildman–Crippen MR) is 65.9 cm³/mol. The standard InChI is InChI=1S/C12H20F3N3O/c1-9(2)11-10(7-18(3)17-11)6-16-4-5-19-8-12(13,14)15/h7,9,16H,4-6,8H2,1-3H3. The molecule has 0 amide bonds. The van der Waals surface area contributed by atoms with E-state index in [-0.39, 0.29) is 6.61 Å². The van der Waals surface area contributed by atoms with Gasteiger partial charge in [-0.3, -0.25) is 4.68 Å². The second-order valence-corrected chi connectivity index (χ2v) is 4.71. The van der Waals surface area contributed by atoms with E-state index in [1.165, 1.54) is 0 Å². The lowest BCUT2D eigenvalue weighted by molar-refractivity contribution is -0.173. The van der Waals surface area contributed by atoms with Gasteiger partial charge in [0, 0.05) is 31.9 Å². The van der Waals surface area contributed by atoms with E-state index in [9.17, 15) is 13.2 Å². The van der Waals surface area contributed by atoms with E-state index in [0.717, 1.165) is 11.3 Å². The van der Waals surface area contributed by atoms with Gasteiger partial charge < -0.3 is 10.1 Å². The van der Waals surface area contributed by atoms with Gasteiger partial charge in [-0.25, -0.2) is 0 Å². The first-order valence-electron chi connectivity index (χ1n) is 6.17. The highest BCUT2D eigenvalue weighted by Crippen LogP contribution is 2.17. The van der Waals surface area contributed by atoms with Gasteiger partial charge in [-0.15, -0.1) is 0 Å². The fraction of sp³-hybridized carbons (Fsp3) is 0.750. The molecule has 4 nitrogen and oxygen atoms in total. The molecular formula is C12H20F3N3O. The summed E-state index contributed by atoms with van der Waals surface area (Å²) in [5.74, 6) is 0.319. The summed E-state index contributed by atoms with van der Waals surface area (Å²) >= 11 is 0. The summed E-state index contributed by atoms with van der Waals surface area (Å²) in [7, 11) is 1.85. The first kappa shape index (κ1) is 16.0. The Labute approximate surface area is 110 Å². The molecular weight excluding hydrogens is 259 g/mol. The molecule has 0 aliphatic heterocycles. The first-order chi connectivity index (χ1) is 8.79. The number of halogens is 3. The molecule has 1 N–H and O–H groups in total. The number of ether oxygens (including phenoxy) is 1. The van der Waals surface area contributed by atoms with E-state index in [1.807, 2.05) is 13.2 Å². The van der Waals surface area contributed by atoms with Gasteiger partial charge in [0.1, 0.15) is 6.61 Å². The molecule has 110 valence electrons. The van der Waals surface area contributed by atoms with E-state index in [0.29, 0.717) is 19.0 Å². The quantitative estimate of drug-likeness (QED) is 0.778. The molecule has 0 saturated heterocycles.